The van der Waals surface area contributed by atoms with Crippen molar-refractivity contribution in [2.75, 3.05) is 20.1 Å². The third-order valence-corrected chi connectivity index (χ3v) is 4.67. The minimum absolute atomic E-state index is 0.585. The fourth-order valence-corrected chi connectivity index (χ4v) is 3.23. The molecule has 0 saturated carbocycles. The van der Waals surface area contributed by atoms with Crippen LogP contribution in [0.2, 0.25) is 0 Å². The van der Waals surface area contributed by atoms with Gasteiger partial charge in [0.2, 0.25) is 0 Å². The zero-order valence-corrected chi connectivity index (χ0v) is 14.0. The maximum atomic E-state index is 5.84. The van der Waals surface area contributed by atoms with E-state index in [2.05, 4.69) is 39.7 Å². The largest absolute Gasteiger partial charge is 0.459 e. The predicted octanol–water partition coefficient (Wildman–Crippen LogP) is 2.26. The van der Waals surface area contributed by atoms with E-state index in [1.807, 2.05) is 29.1 Å². The fourth-order valence-electron chi connectivity index (χ4n) is 3.23. The van der Waals surface area contributed by atoms with Crippen LogP contribution in [-0.4, -0.2) is 46.1 Å². The number of nitrogens with zero attached hydrogens (tertiary/aromatic N) is 4. The summed E-state index contributed by atoms with van der Waals surface area (Å²) in [5.74, 6) is 0.899. The van der Waals surface area contributed by atoms with Gasteiger partial charge < -0.3 is 14.6 Å². The first-order chi connectivity index (χ1) is 11.8. The lowest BCUT2D eigenvalue weighted by atomic mass is 10.1. The molecule has 0 atom stereocenters. The van der Waals surface area contributed by atoms with Crippen molar-refractivity contribution < 1.29 is 4.42 Å². The van der Waals surface area contributed by atoms with Crippen LogP contribution in [0.15, 0.2) is 40.9 Å². The quantitative estimate of drug-likeness (QED) is 0.780. The lowest BCUT2D eigenvalue weighted by molar-refractivity contribution is 0.233. The van der Waals surface area contributed by atoms with E-state index in [1.165, 1.54) is 12.8 Å². The number of piperidine rings is 1. The lowest BCUT2D eigenvalue weighted by Gasteiger charge is -2.29. The summed E-state index contributed by atoms with van der Waals surface area (Å²) in [6, 6.07) is 10.7. The maximum absolute atomic E-state index is 5.84. The molecule has 3 aromatic rings. The summed E-state index contributed by atoms with van der Waals surface area (Å²) in [7, 11) is 2.18. The molecule has 0 aliphatic carbocycles. The SMILES string of the molecule is CN1CCC(NCc2cn(Cc3cc4ccccc4o3)nn2)CC1. The third kappa shape index (κ3) is 3.49. The first kappa shape index (κ1) is 15.4. The molecule has 1 saturated heterocycles. The van der Waals surface area contributed by atoms with Crippen LogP contribution >= 0.6 is 0 Å². The second-order valence-corrected chi connectivity index (χ2v) is 6.62. The van der Waals surface area contributed by atoms with Crippen molar-refractivity contribution in [1.82, 2.24) is 25.2 Å². The molecule has 4 rings (SSSR count). The molecule has 0 amide bonds. The van der Waals surface area contributed by atoms with E-state index in [9.17, 15) is 0 Å². The number of nitrogens with one attached hydrogen (secondary N) is 1. The van der Waals surface area contributed by atoms with E-state index in [1.54, 1.807) is 0 Å². The van der Waals surface area contributed by atoms with Crippen molar-refractivity contribution in [3.63, 3.8) is 0 Å². The number of furan rings is 1. The Kier molecular flexibility index (Phi) is 4.32. The molecule has 126 valence electrons. The first-order valence-electron chi connectivity index (χ1n) is 8.55. The molecule has 0 unspecified atom stereocenters. The smallest absolute Gasteiger partial charge is 0.134 e. The van der Waals surface area contributed by atoms with Crippen molar-refractivity contribution in [3.05, 3.63) is 48.0 Å². The van der Waals surface area contributed by atoms with Crippen LogP contribution in [0.25, 0.3) is 11.0 Å². The van der Waals surface area contributed by atoms with Gasteiger partial charge in [-0.25, -0.2) is 4.68 Å². The molecule has 6 heteroatoms. The molecule has 1 aromatic carbocycles. The molecule has 1 aliphatic heterocycles. The minimum atomic E-state index is 0.585. The zero-order valence-electron chi connectivity index (χ0n) is 14.0. The zero-order chi connectivity index (χ0) is 16.4. The van der Waals surface area contributed by atoms with Crippen LogP contribution in [0.1, 0.15) is 24.3 Å². The lowest BCUT2D eigenvalue weighted by Crippen LogP contribution is -2.40. The molecular weight excluding hydrogens is 302 g/mol. The number of rotatable bonds is 5. The molecule has 1 N–H and O–H groups in total. The highest BCUT2D eigenvalue weighted by Gasteiger charge is 2.16. The van der Waals surface area contributed by atoms with Crippen molar-refractivity contribution in [3.8, 4) is 0 Å². The van der Waals surface area contributed by atoms with Gasteiger partial charge in [-0.2, -0.15) is 0 Å². The standard InChI is InChI=1S/C18H23N5O/c1-22-8-6-15(7-9-22)19-11-16-12-23(21-20-16)13-17-10-14-4-2-3-5-18(14)24-17/h2-5,10,12,15,19H,6-9,11,13H2,1H3. The molecule has 3 heterocycles. The Labute approximate surface area is 141 Å². The van der Waals surface area contributed by atoms with Crippen LogP contribution in [0.5, 0.6) is 0 Å². The fraction of sp³-hybridized carbons (Fsp3) is 0.444. The highest BCUT2D eigenvalue weighted by atomic mass is 16.3. The summed E-state index contributed by atoms with van der Waals surface area (Å²) in [4.78, 5) is 2.38. The predicted molar refractivity (Wildman–Crippen MR) is 92.7 cm³/mol. The normalized spacial score (nSPS) is 16.9. The third-order valence-electron chi connectivity index (χ3n) is 4.67. The maximum Gasteiger partial charge on any atom is 0.134 e. The van der Waals surface area contributed by atoms with Gasteiger partial charge in [0.15, 0.2) is 0 Å². The summed E-state index contributed by atoms with van der Waals surface area (Å²) in [5, 5.41) is 13.2. The summed E-state index contributed by atoms with van der Waals surface area (Å²) in [5.41, 5.74) is 1.89. The minimum Gasteiger partial charge on any atom is -0.459 e. The molecule has 0 spiro atoms. The molecule has 2 aromatic heterocycles. The van der Waals surface area contributed by atoms with Crippen LogP contribution in [0.4, 0.5) is 0 Å². The Hall–Kier alpha value is -2.18. The van der Waals surface area contributed by atoms with Crippen LogP contribution in [-0.2, 0) is 13.1 Å². The van der Waals surface area contributed by atoms with Crippen LogP contribution in [0, 0.1) is 0 Å². The Morgan fingerprint density at radius 1 is 1.25 bits per heavy atom. The van der Waals surface area contributed by atoms with Crippen LogP contribution < -0.4 is 5.32 Å². The summed E-state index contributed by atoms with van der Waals surface area (Å²) >= 11 is 0. The van der Waals surface area contributed by atoms with Crippen molar-refractivity contribution in [2.24, 2.45) is 0 Å². The topological polar surface area (TPSA) is 59.1 Å². The van der Waals surface area contributed by atoms with Gasteiger partial charge in [0.05, 0.1) is 11.9 Å². The van der Waals surface area contributed by atoms with E-state index < -0.39 is 0 Å². The first-order valence-corrected chi connectivity index (χ1v) is 8.55. The average molecular weight is 325 g/mol. The van der Waals surface area contributed by atoms with E-state index >= 15 is 0 Å². The summed E-state index contributed by atoms with van der Waals surface area (Å²) in [6.45, 7) is 3.71. The molecular formula is C18H23N5O. The van der Waals surface area contributed by atoms with Crippen molar-refractivity contribution in [2.45, 2.75) is 32.0 Å². The monoisotopic (exact) mass is 325 g/mol. The van der Waals surface area contributed by atoms with Gasteiger partial charge in [-0.15, -0.1) is 5.10 Å². The summed E-state index contributed by atoms with van der Waals surface area (Å²) < 4.78 is 7.67. The highest BCUT2D eigenvalue weighted by molar-refractivity contribution is 5.77. The molecule has 6 nitrogen and oxygen atoms in total. The second-order valence-electron chi connectivity index (χ2n) is 6.62. The van der Waals surface area contributed by atoms with Crippen molar-refractivity contribution >= 4 is 11.0 Å². The number of hydrogen-bond donors (Lipinski definition) is 1. The number of para-hydroxylation sites is 1. The van der Waals surface area contributed by atoms with Gasteiger partial charge in [0.1, 0.15) is 17.9 Å². The molecule has 1 fully saturated rings. The van der Waals surface area contributed by atoms with E-state index in [-0.39, 0.29) is 0 Å². The van der Waals surface area contributed by atoms with Gasteiger partial charge >= 0.3 is 0 Å². The van der Waals surface area contributed by atoms with Gasteiger partial charge in [-0.1, -0.05) is 23.4 Å². The van der Waals surface area contributed by atoms with Gasteiger partial charge in [-0.05, 0) is 45.1 Å². The number of hydrogen-bond acceptors (Lipinski definition) is 5. The van der Waals surface area contributed by atoms with Gasteiger partial charge in [-0.3, -0.25) is 0 Å². The van der Waals surface area contributed by atoms with Gasteiger partial charge in [0, 0.05) is 18.0 Å². The molecule has 0 bridgehead atoms. The summed E-state index contributed by atoms with van der Waals surface area (Å²) in [6.07, 6.45) is 4.39. The second kappa shape index (κ2) is 6.75. The van der Waals surface area contributed by atoms with E-state index in [4.69, 9.17) is 4.42 Å². The molecule has 24 heavy (non-hydrogen) atoms. The molecule has 0 radical (unpaired) electrons. The Morgan fingerprint density at radius 3 is 2.92 bits per heavy atom. The average Bonchev–Trinajstić information content (AvgIpc) is 3.20. The number of likely N-dealkylation sites (tertiary alicyclic amines) is 1. The van der Waals surface area contributed by atoms with Gasteiger partial charge in [0.25, 0.3) is 0 Å². The Balaban J connectivity index is 1.34. The molecule has 1 aliphatic rings. The number of benzene rings is 1. The van der Waals surface area contributed by atoms with Crippen LogP contribution in [0.3, 0.4) is 0 Å². The van der Waals surface area contributed by atoms with E-state index in [0.29, 0.717) is 12.6 Å². The van der Waals surface area contributed by atoms with E-state index in [0.717, 1.165) is 42.1 Å². The highest BCUT2D eigenvalue weighted by Crippen LogP contribution is 2.19. The Morgan fingerprint density at radius 2 is 2.08 bits per heavy atom. The number of aromatic nitrogens is 3. The number of fused-ring (bicyclic) bond motifs is 1. The Bertz CT molecular complexity index is 767. The van der Waals surface area contributed by atoms with Crippen molar-refractivity contribution in [1.29, 1.82) is 0 Å².